The number of H-pyrrole nitrogens is 2. The fourth-order valence-corrected chi connectivity index (χ4v) is 9.02. The molecule has 5 aromatic rings. The number of aromatic amines is 2. The van der Waals surface area contributed by atoms with Crippen molar-refractivity contribution in [1.82, 2.24) is 40.4 Å². The molecule has 1 spiro atoms. The quantitative estimate of drug-likeness (QED) is 0.121. The second kappa shape index (κ2) is 15.5. The number of nitrogens with one attached hydrogen (secondary N) is 4. The molecule has 2 saturated carbocycles. The van der Waals surface area contributed by atoms with E-state index in [-0.39, 0.29) is 41.3 Å². The van der Waals surface area contributed by atoms with E-state index >= 15 is 0 Å². The highest BCUT2D eigenvalue weighted by Gasteiger charge is 2.57. The van der Waals surface area contributed by atoms with Crippen molar-refractivity contribution in [3.05, 3.63) is 107 Å². The lowest BCUT2D eigenvalue weighted by Crippen LogP contribution is -2.52. The van der Waals surface area contributed by atoms with Gasteiger partial charge in [0.15, 0.2) is 0 Å². The number of aromatic nitrogens is 4. The third kappa shape index (κ3) is 7.56. The minimum Gasteiger partial charge on any atom is -0.453 e. The molecule has 4 fully saturated rings. The van der Waals surface area contributed by atoms with Gasteiger partial charge in [0.2, 0.25) is 5.91 Å². The number of hydrogen-bond acceptors (Lipinski definition) is 8. The molecule has 4 N–H and O–H groups in total. The second-order valence-corrected chi connectivity index (χ2v) is 16.9. The van der Waals surface area contributed by atoms with E-state index in [1.807, 2.05) is 96.4 Å². The molecule has 0 radical (unpaired) electrons. The summed E-state index contributed by atoms with van der Waals surface area (Å²) in [6, 6.07) is 21.2. The molecule has 9 rings (SSSR count). The fourth-order valence-electron chi connectivity index (χ4n) is 9.02. The van der Waals surface area contributed by atoms with Crippen LogP contribution in [-0.4, -0.2) is 86.6 Å². The molecule has 0 bridgehead atoms. The van der Waals surface area contributed by atoms with Crippen molar-refractivity contribution in [3.63, 3.8) is 0 Å². The fraction of sp³-hybridized carbons (Fsp3) is 0.391. The van der Waals surface area contributed by atoms with Crippen molar-refractivity contribution in [3.8, 4) is 23.1 Å². The lowest BCUT2D eigenvalue weighted by molar-refractivity contribution is -0.137. The van der Waals surface area contributed by atoms with Gasteiger partial charge >= 0.3 is 12.2 Å². The van der Waals surface area contributed by atoms with Gasteiger partial charge in [-0.15, -0.1) is 0 Å². The van der Waals surface area contributed by atoms with Gasteiger partial charge in [-0.2, -0.15) is 0 Å². The topological polar surface area (TPSA) is 175 Å². The Morgan fingerprint density at radius 1 is 0.833 bits per heavy atom. The van der Waals surface area contributed by atoms with Crippen molar-refractivity contribution >= 4 is 35.0 Å². The highest BCUT2D eigenvalue weighted by atomic mass is 16.5. The number of alkyl carbamates (subject to hydrolysis) is 2. The third-order valence-corrected chi connectivity index (χ3v) is 12.6. The summed E-state index contributed by atoms with van der Waals surface area (Å²) in [6.45, 7) is 4.43. The maximum Gasteiger partial charge on any atom is 0.407 e. The predicted octanol–water partition coefficient (Wildman–Crippen LogP) is 6.55. The molecule has 60 heavy (non-hydrogen) atoms. The van der Waals surface area contributed by atoms with E-state index < -0.39 is 24.3 Å². The van der Waals surface area contributed by atoms with E-state index in [1.165, 1.54) is 14.2 Å². The largest absolute Gasteiger partial charge is 0.453 e. The van der Waals surface area contributed by atoms with Crippen molar-refractivity contribution < 1.29 is 28.7 Å². The lowest BCUT2D eigenvalue weighted by Gasteiger charge is -2.31. The average Bonchev–Trinajstić information content (AvgIpc) is 3.88. The lowest BCUT2D eigenvalue weighted by atomic mass is 10.0. The maximum atomic E-state index is 14.2. The Morgan fingerprint density at radius 2 is 1.55 bits per heavy atom. The van der Waals surface area contributed by atoms with Crippen LogP contribution in [0, 0.1) is 29.1 Å². The molecule has 2 aliphatic carbocycles. The van der Waals surface area contributed by atoms with E-state index in [4.69, 9.17) is 19.4 Å². The Kier molecular flexibility index (Phi) is 10.1. The monoisotopic (exact) mass is 808 g/mol. The standard InChI is InChI=1S/C46H48N8O6/c1-26(2)38(51-44(57)59-3)43(56)54-35-21-31(35)22-36(54)40-47-24-34(50-40)29-15-12-27(13-16-29)10-11-28-14-17-32-33(20-28)49-41(48-32)37-23-46(18-19-46)25-53(37)42(55)39(52-45(58)60-4)30-8-6-5-7-9-30/h5-9,12-17,20,24,26,31,35-39H,18-19,21-23,25H2,1-4H3,(H,47,50)(H,48,49)(H,51,57)(H,52,58)/t31-,35-,36+,37+,38+,39-/m1/s1. The van der Waals surface area contributed by atoms with Crippen LogP contribution in [0.2, 0.25) is 0 Å². The summed E-state index contributed by atoms with van der Waals surface area (Å²) in [5.74, 6) is 8.05. The molecule has 4 aliphatic rings. The van der Waals surface area contributed by atoms with Gasteiger partial charge in [0, 0.05) is 23.7 Å². The molecule has 2 saturated heterocycles. The van der Waals surface area contributed by atoms with Gasteiger partial charge in [-0.1, -0.05) is 68.2 Å². The van der Waals surface area contributed by atoms with Crippen molar-refractivity contribution in [2.45, 2.75) is 76.2 Å². The van der Waals surface area contributed by atoms with Crippen molar-refractivity contribution in [1.29, 1.82) is 0 Å². The SMILES string of the molecule is COC(=O)N[C@H](C(=O)N1[C@@H]2C[C@@H]2C[C@H]1c1ncc(-c2ccc(C#Cc3ccc4nc([C@@H]5CC6(CC6)CN5C(=O)[C@H](NC(=O)OC)c5ccccc5)[nH]c4c3)cc2)[nH]1)C(C)C. The molecule has 2 aliphatic heterocycles. The minimum atomic E-state index is -0.889. The molecule has 14 nitrogen and oxygen atoms in total. The number of carbonyl (C=O) groups excluding carboxylic acids is 4. The minimum absolute atomic E-state index is 0.0679. The van der Waals surface area contributed by atoms with Crippen LogP contribution in [0.3, 0.4) is 0 Å². The Bertz CT molecular complexity index is 2520. The van der Waals surface area contributed by atoms with Crippen LogP contribution in [-0.2, 0) is 19.1 Å². The zero-order valence-corrected chi connectivity index (χ0v) is 34.0. The number of fused-ring (bicyclic) bond motifs is 2. The van der Waals surface area contributed by atoms with Crippen LogP contribution < -0.4 is 10.6 Å². The van der Waals surface area contributed by atoms with Gasteiger partial charge in [0.05, 0.1) is 49.2 Å². The van der Waals surface area contributed by atoms with Gasteiger partial charge in [-0.25, -0.2) is 19.6 Å². The summed E-state index contributed by atoms with van der Waals surface area (Å²) in [4.78, 5) is 72.8. The van der Waals surface area contributed by atoms with Crippen molar-refractivity contribution in [2.24, 2.45) is 17.3 Å². The normalized spacial score (nSPS) is 21.8. The number of nitrogens with zero attached hydrogens (tertiary/aromatic N) is 4. The molecule has 2 aromatic heterocycles. The van der Waals surface area contributed by atoms with Crippen LogP contribution in [0.25, 0.3) is 22.3 Å². The number of benzene rings is 3. The number of hydrogen-bond donors (Lipinski definition) is 4. The van der Waals surface area contributed by atoms with Crippen LogP contribution in [0.15, 0.2) is 79.0 Å². The van der Waals surface area contributed by atoms with E-state index in [1.54, 1.807) is 6.20 Å². The number of likely N-dealkylation sites (tertiary alicyclic amines) is 2. The average molecular weight is 809 g/mol. The number of piperidine rings is 1. The molecule has 308 valence electrons. The highest BCUT2D eigenvalue weighted by molar-refractivity contribution is 5.88. The molecular formula is C46H48N8O6. The Hall–Kier alpha value is -6.62. The van der Waals surface area contributed by atoms with Crippen LogP contribution in [0.1, 0.15) is 92.4 Å². The van der Waals surface area contributed by atoms with Gasteiger partial charge in [-0.3, -0.25) is 9.59 Å². The molecule has 3 aromatic carbocycles. The number of carbonyl (C=O) groups is 4. The molecule has 0 unspecified atom stereocenters. The van der Waals surface area contributed by atoms with Gasteiger partial charge in [0.1, 0.15) is 23.7 Å². The van der Waals surface area contributed by atoms with E-state index in [0.29, 0.717) is 23.9 Å². The second-order valence-electron chi connectivity index (χ2n) is 16.9. The van der Waals surface area contributed by atoms with E-state index in [2.05, 4.69) is 32.4 Å². The summed E-state index contributed by atoms with van der Waals surface area (Å²) >= 11 is 0. The summed E-state index contributed by atoms with van der Waals surface area (Å²) in [7, 11) is 2.59. The first-order valence-electron chi connectivity index (χ1n) is 20.6. The molecular weight excluding hydrogens is 761 g/mol. The van der Waals surface area contributed by atoms with Crippen molar-refractivity contribution in [2.75, 3.05) is 20.8 Å². The number of amides is 4. The third-order valence-electron chi connectivity index (χ3n) is 12.6. The van der Waals surface area contributed by atoms with Crippen LogP contribution in [0.5, 0.6) is 0 Å². The van der Waals surface area contributed by atoms with E-state index in [9.17, 15) is 19.2 Å². The molecule has 4 amide bonds. The summed E-state index contributed by atoms with van der Waals surface area (Å²) in [6.07, 6.45) is 5.22. The molecule has 4 heterocycles. The van der Waals surface area contributed by atoms with E-state index in [0.717, 1.165) is 71.3 Å². The summed E-state index contributed by atoms with van der Waals surface area (Å²) < 4.78 is 9.67. The molecule has 14 heteroatoms. The molecule has 6 atom stereocenters. The number of methoxy groups -OCH3 is 2. The zero-order valence-electron chi connectivity index (χ0n) is 34.0. The summed E-state index contributed by atoms with van der Waals surface area (Å²) in [5, 5.41) is 5.48. The number of imidazole rings is 2. The van der Waals surface area contributed by atoms with Crippen LogP contribution in [0.4, 0.5) is 9.59 Å². The Labute approximate surface area is 347 Å². The van der Waals surface area contributed by atoms with Gasteiger partial charge in [0.25, 0.3) is 5.91 Å². The highest BCUT2D eigenvalue weighted by Crippen LogP contribution is 2.59. The van der Waals surface area contributed by atoms with Gasteiger partial charge < -0.3 is 39.9 Å². The number of rotatable bonds is 9. The first-order valence-corrected chi connectivity index (χ1v) is 20.6. The maximum absolute atomic E-state index is 14.2. The first-order chi connectivity index (χ1) is 29.0. The van der Waals surface area contributed by atoms with Crippen LogP contribution >= 0.6 is 0 Å². The zero-order chi connectivity index (χ0) is 41.7. The smallest absolute Gasteiger partial charge is 0.407 e. The van der Waals surface area contributed by atoms with Gasteiger partial charge in [-0.05, 0) is 90.8 Å². The summed E-state index contributed by atoms with van der Waals surface area (Å²) in [5.41, 5.74) is 5.83. The Balaban J connectivity index is 0.891. The predicted molar refractivity (Wildman–Crippen MR) is 222 cm³/mol. The number of ether oxygens (including phenoxy) is 2. The Morgan fingerprint density at radius 3 is 2.27 bits per heavy atom. The first kappa shape index (κ1) is 38.9.